The Morgan fingerprint density at radius 2 is 2.00 bits per heavy atom. The van der Waals surface area contributed by atoms with E-state index in [4.69, 9.17) is 10.5 Å². The molecule has 4 nitrogen and oxygen atoms in total. The lowest BCUT2D eigenvalue weighted by Crippen LogP contribution is -2.53. The number of para-hydroxylation sites is 1. The van der Waals surface area contributed by atoms with Gasteiger partial charge in [-0.1, -0.05) is 24.3 Å². The van der Waals surface area contributed by atoms with Crippen molar-refractivity contribution in [3.05, 3.63) is 35.9 Å². The Kier molecular flexibility index (Phi) is 4.09. The number of benzene rings is 1. The molecule has 2 heterocycles. The summed E-state index contributed by atoms with van der Waals surface area (Å²) in [5.74, 6) is 0. The highest BCUT2D eigenvalue weighted by atomic mass is 16.6. The summed E-state index contributed by atoms with van der Waals surface area (Å²) in [6.45, 7) is 5.74. The van der Waals surface area contributed by atoms with Crippen molar-refractivity contribution < 1.29 is 9.53 Å². The summed E-state index contributed by atoms with van der Waals surface area (Å²) in [6, 6.07) is 8.31. The van der Waals surface area contributed by atoms with E-state index in [9.17, 15) is 4.79 Å². The van der Waals surface area contributed by atoms with Crippen molar-refractivity contribution in [1.29, 1.82) is 0 Å². The van der Waals surface area contributed by atoms with Crippen LogP contribution in [0.4, 0.5) is 10.5 Å². The van der Waals surface area contributed by atoms with Crippen LogP contribution >= 0.6 is 0 Å². The topological polar surface area (TPSA) is 55.6 Å². The minimum Gasteiger partial charge on any atom is -0.444 e. The van der Waals surface area contributed by atoms with Gasteiger partial charge in [-0.25, -0.2) is 4.79 Å². The second-order valence-corrected chi connectivity index (χ2v) is 7.52. The number of nitrogens with zero attached hydrogens (tertiary/aromatic N) is 1. The lowest BCUT2D eigenvalue weighted by molar-refractivity contribution is 0.0000915. The van der Waals surface area contributed by atoms with Gasteiger partial charge < -0.3 is 10.5 Å². The van der Waals surface area contributed by atoms with Crippen LogP contribution in [0.5, 0.6) is 0 Å². The number of amides is 1. The van der Waals surface area contributed by atoms with Crippen LogP contribution in [0.3, 0.4) is 0 Å². The Balaban J connectivity index is 1.88. The Hall–Kier alpha value is -1.97. The molecule has 1 saturated heterocycles. The molecule has 3 rings (SSSR count). The molecule has 2 aliphatic rings. The van der Waals surface area contributed by atoms with Crippen molar-refractivity contribution >= 4 is 17.4 Å². The van der Waals surface area contributed by atoms with Crippen molar-refractivity contribution in [2.75, 3.05) is 5.73 Å². The summed E-state index contributed by atoms with van der Waals surface area (Å²) in [4.78, 5) is 14.5. The molecule has 1 amide bonds. The second kappa shape index (κ2) is 5.91. The SMILES string of the molecule is CC(C)(C)OC(=O)N1C2C=C(c3ccccc3N)CC1CCC2. The largest absolute Gasteiger partial charge is 0.444 e. The van der Waals surface area contributed by atoms with Crippen LogP contribution in [-0.2, 0) is 4.74 Å². The minimum atomic E-state index is -0.459. The lowest BCUT2D eigenvalue weighted by Gasteiger charge is -2.45. The van der Waals surface area contributed by atoms with Gasteiger partial charge in [0.15, 0.2) is 0 Å². The van der Waals surface area contributed by atoms with E-state index in [0.29, 0.717) is 0 Å². The first kappa shape index (κ1) is 15.9. The van der Waals surface area contributed by atoms with Crippen molar-refractivity contribution in [3.63, 3.8) is 0 Å². The van der Waals surface area contributed by atoms with Crippen LogP contribution in [-0.4, -0.2) is 28.7 Å². The smallest absolute Gasteiger partial charge is 0.411 e. The number of rotatable bonds is 1. The van der Waals surface area contributed by atoms with Gasteiger partial charge in [0.1, 0.15) is 5.60 Å². The van der Waals surface area contributed by atoms with E-state index in [1.165, 1.54) is 5.57 Å². The standard InChI is InChI=1S/C19H26N2O2/c1-19(2,3)23-18(22)21-14-7-6-8-15(21)12-13(11-14)16-9-4-5-10-17(16)20/h4-5,9-11,14-15H,6-8,12,20H2,1-3H3. The average molecular weight is 314 g/mol. The molecule has 2 unspecified atom stereocenters. The first-order valence-electron chi connectivity index (χ1n) is 8.42. The van der Waals surface area contributed by atoms with Crippen molar-refractivity contribution in [2.45, 2.75) is 64.1 Å². The van der Waals surface area contributed by atoms with E-state index in [2.05, 4.69) is 12.1 Å². The maximum atomic E-state index is 12.6. The molecule has 0 spiro atoms. The molecule has 0 aromatic heterocycles. The molecule has 1 aromatic rings. The summed E-state index contributed by atoms with van der Waals surface area (Å²) in [7, 11) is 0. The van der Waals surface area contributed by atoms with E-state index in [0.717, 1.165) is 36.9 Å². The Morgan fingerprint density at radius 1 is 1.26 bits per heavy atom. The second-order valence-electron chi connectivity index (χ2n) is 7.52. The maximum Gasteiger partial charge on any atom is 0.411 e. The van der Waals surface area contributed by atoms with Crippen LogP contribution in [0.2, 0.25) is 0 Å². The third-order valence-electron chi connectivity index (χ3n) is 4.55. The predicted molar refractivity (Wildman–Crippen MR) is 92.9 cm³/mol. The van der Waals surface area contributed by atoms with Crippen molar-refractivity contribution in [2.24, 2.45) is 0 Å². The van der Waals surface area contributed by atoms with Crippen LogP contribution in [0.15, 0.2) is 30.3 Å². The number of fused-ring (bicyclic) bond motifs is 2. The van der Waals surface area contributed by atoms with E-state index in [1.54, 1.807) is 0 Å². The van der Waals surface area contributed by atoms with Gasteiger partial charge in [0.25, 0.3) is 0 Å². The van der Waals surface area contributed by atoms with Gasteiger partial charge in [0.2, 0.25) is 0 Å². The molecule has 1 aromatic carbocycles. The number of piperidine rings is 1. The Morgan fingerprint density at radius 3 is 2.65 bits per heavy atom. The van der Waals surface area contributed by atoms with Gasteiger partial charge in [-0.15, -0.1) is 0 Å². The fraction of sp³-hybridized carbons (Fsp3) is 0.526. The molecule has 124 valence electrons. The summed E-state index contributed by atoms with van der Waals surface area (Å²) >= 11 is 0. The number of anilines is 1. The highest BCUT2D eigenvalue weighted by Gasteiger charge is 2.39. The fourth-order valence-electron chi connectivity index (χ4n) is 3.62. The van der Waals surface area contributed by atoms with E-state index >= 15 is 0 Å². The van der Waals surface area contributed by atoms with Gasteiger partial charge in [-0.05, 0) is 58.1 Å². The summed E-state index contributed by atoms with van der Waals surface area (Å²) in [6.07, 6.45) is 6.05. The summed E-state index contributed by atoms with van der Waals surface area (Å²) in [5.41, 5.74) is 8.85. The predicted octanol–water partition coefficient (Wildman–Crippen LogP) is 4.21. The molecule has 4 heteroatoms. The number of nitrogen functional groups attached to an aromatic ring is 1. The number of hydrogen-bond acceptors (Lipinski definition) is 3. The minimum absolute atomic E-state index is 0.118. The molecule has 23 heavy (non-hydrogen) atoms. The van der Waals surface area contributed by atoms with E-state index < -0.39 is 5.60 Å². The third-order valence-corrected chi connectivity index (χ3v) is 4.55. The van der Waals surface area contributed by atoms with Gasteiger partial charge >= 0.3 is 6.09 Å². The molecule has 0 aliphatic carbocycles. The van der Waals surface area contributed by atoms with Gasteiger partial charge in [-0.3, -0.25) is 4.90 Å². The number of carbonyl (C=O) groups is 1. The first-order valence-corrected chi connectivity index (χ1v) is 8.42. The van der Waals surface area contributed by atoms with E-state index in [-0.39, 0.29) is 18.2 Å². The summed E-state index contributed by atoms with van der Waals surface area (Å²) in [5, 5.41) is 0. The van der Waals surface area contributed by atoms with Crippen LogP contribution in [0.25, 0.3) is 5.57 Å². The molecule has 2 aliphatic heterocycles. The zero-order chi connectivity index (χ0) is 16.6. The number of ether oxygens (including phenoxy) is 1. The molecule has 2 bridgehead atoms. The first-order chi connectivity index (χ1) is 10.8. The molecular formula is C19H26N2O2. The number of nitrogens with two attached hydrogens (primary N) is 1. The Labute approximate surface area is 138 Å². The van der Waals surface area contributed by atoms with Crippen LogP contribution in [0, 0.1) is 0 Å². The third kappa shape index (κ3) is 3.36. The molecule has 0 radical (unpaired) electrons. The monoisotopic (exact) mass is 314 g/mol. The Bertz CT molecular complexity index is 631. The van der Waals surface area contributed by atoms with Crippen molar-refractivity contribution in [3.8, 4) is 0 Å². The maximum absolute atomic E-state index is 12.6. The quantitative estimate of drug-likeness (QED) is 0.790. The normalized spacial score (nSPS) is 24.1. The number of hydrogen-bond donors (Lipinski definition) is 1. The lowest BCUT2D eigenvalue weighted by atomic mass is 9.83. The molecule has 1 fully saturated rings. The van der Waals surface area contributed by atoms with Gasteiger partial charge in [0, 0.05) is 17.3 Å². The molecular weight excluding hydrogens is 288 g/mol. The number of carbonyl (C=O) groups excluding carboxylic acids is 1. The van der Waals surface area contributed by atoms with Gasteiger partial charge in [0.05, 0.1) is 6.04 Å². The van der Waals surface area contributed by atoms with Crippen LogP contribution < -0.4 is 5.73 Å². The zero-order valence-electron chi connectivity index (χ0n) is 14.2. The zero-order valence-corrected chi connectivity index (χ0v) is 14.2. The van der Waals surface area contributed by atoms with Crippen LogP contribution in [0.1, 0.15) is 52.0 Å². The summed E-state index contributed by atoms with van der Waals surface area (Å²) < 4.78 is 5.61. The highest BCUT2D eigenvalue weighted by molar-refractivity contribution is 5.79. The van der Waals surface area contributed by atoms with E-state index in [1.807, 2.05) is 43.9 Å². The average Bonchev–Trinajstić information content (AvgIpc) is 2.44. The van der Waals surface area contributed by atoms with Gasteiger partial charge in [-0.2, -0.15) is 0 Å². The molecule has 2 atom stereocenters. The van der Waals surface area contributed by atoms with Crippen molar-refractivity contribution in [1.82, 2.24) is 4.90 Å². The molecule has 2 N–H and O–H groups in total. The fourth-order valence-corrected chi connectivity index (χ4v) is 3.62. The highest BCUT2D eigenvalue weighted by Crippen LogP contribution is 2.39. The molecule has 0 saturated carbocycles.